The van der Waals surface area contributed by atoms with Gasteiger partial charge in [-0.1, -0.05) is 30.3 Å². The van der Waals surface area contributed by atoms with Crippen molar-refractivity contribution in [2.24, 2.45) is 0 Å². The van der Waals surface area contributed by atoms with Gasteiger partial charge in [-0.2, -0.15) is 0 Å². The summed E-state index contributed by atoms with van der Waals surface area (Å²) in [5.74, 6) is 2.94. The molecule has 1 atom stereocenters. The highest BCUT2D eigenvalue weighted by Crippen LogP contribution is 2.45. The summed E-state index contributed by atoms with van der Waals surface area (Å²) in [6.45, 7) is 5.64. The van der Waals surface area contributed by atoms with Gasteiger partial charge in [-0.15, -0.1) is 11.8 Å². The van der Waals surface area contributed by atoms with Crippen molar-refractivity contribution < 1.29 is 4.74 Å². The maximum atomic E-state index is 5.49. The third-order valence-electron chi connectivity index (χ3n) is 4.22. The monoisotopic (exact) mass is 313 g/mol. The second kappa shape index (κ2) is 5.89. The lowest BCUT2D eigenvalue weighted by Gasteiger charge is -2.30. The normalized spacial score (nSPS) is 21.0. The second-order valence-electron chi connectivity index (χ2n) is 5.65. The molecule has 1 aromatic heterocycles. The van der Waals surface area contributed by atoms with Crippen LogP contribution < -0.4 is 4.90 Å². The SMILES string of the molecule is CC1SCc2nc(-c3ccccc3)nc(N3CCOCC3)c21. The molecule has 5 heteroatoms. The number of aromatic nitrogens is 2. The van der Waals surface area contributed by atoms with Crippen LogP contribution >= 0.6 is 11.8 Å². The molecule has 0 amide bonds. The zero-order valence-corrected chi connectivity index (χ0v) is 13.5. The Morgan fingerprint density at radius 1 is 1.14 bits per heavy atom. The van der Waals surface area contributed by atoms with E-state index in [-0.39, 0.29) is 0 Å². The minimum Gasteiger partial charge on any atom is -0.378 e. The van der Waals surface area contributed by atoms with Crippen LogP contribution in [0.5, 0.6) is 0 Å². The topological polar surface area (TPSA) is 38.2 Å². The summed E-state index contributed by atoms with van der Waals surface area (Å²) in [4.78, 5) is 12.1. The fourth-order valence-electron chi connectivity index (χ4n) is 3.05. The first-order valence-corrected chi connectivity index (χ1v) is 8.78. The number of ether oxygens (including phenoxy) is 1. The molecule has 0 radical (unpaired) electrons. The number of rotatable bonds is 2. The highest BCUT2D eigenvalue weighted by Gasteiger charge is 2.29. The first-order valence-electron chi connectivity index (χ1n) is 7.73. The molecule has 1 saturated heterocycles. The van der Waals surface area contributed by atoms with E-state index in [2.05, 4.69) is 24.0 Å². The molecule has 2 aromatic rings. The summed E-state index contributed by atoms with van der Waals surface area (Å²) in [6, 6.07) is 10.3. The molecular weight excluding hydrogens is 294 g/mol. The lowest BCUT2D eigenvalue weighted by atomic mass is 10.1. The van der Waals surface area contributed by atoms with Crippen LogP contribution in [-0.2, 0) is 10.5 Å². The predicted octanol–water partition coefficient (Wildman–Crippen LogP) is 3.29. The highest BCUT2D eigenvalue weighted by molar-refractivity contribution is 7.99. The molecule has 0 saturated carbocycles. The van der Waals surface area contributed by atoms with Gasteiger partial charge >= 0.3 is 0 Å². The van der Waals surface area contributed by atoms with E-state index in [1.165, 1.54) is 11.3 Å². The van der Waals surface area contributed by atoms with E-state index < -0.39 is 0 Å². The number of benzene rings is 1. The predicted molar refractivity (Wildman–Crippen MR) is 90.2 cm³/mol. The van der Waals surface area contributed by atoms with Gasteiger partial charge in [0.05, 0.1) is 18.9 Å². The van der Waals surface area contributed by atoms with Crippen LogP contribution in [0.1, 0.15) is 23.4 Å². The van der Waals surface area contributed by atoms with Crippen LogP contribution in [0, 0.1) is 0 Å². The van der Waals surface area contributed by atoms with Crippen molar-refractivity contribution in [3.05, 3.63) is 41.6 Å². The Bertz CT molecular complexity index is 671. The van der Waals surface area contributed by atoms with Crippen molar-refractivity contribution in [2.75, 3.05) is 31.2 Å². The van der Waals surface area contributed by atoms with E-state index in [1.54, 1.807) is 0 Å². The third kappa shape index (κ3) is 2.48. The molecule has 22 heavy (non-hydrogen) atoms. The quantitative estimate of drug-likeness (QED) is 0.850. The zero-order chi connectivity index (χ0) is 14.9. The van der Waals surface area contributed by atoms with Crippen LogP contribution in [-0.4, -0.2) is 36.3 Å². The Hall–Kier alpha value is -1.59. The number of anilines is 1. The van der Waals surface area contributed by atoms with E-state index in [4.69, 9.17) is 14.7 Å². The van der Waals surface area contributed by atoms with E-state index in [0.717, 1.165) is 49.3 Å². The molecule has 114 valence electrons. The molecule has 0 N–H and O–H groups in total. The summed E-state index contributed by atoms with van der Waals surface area (Å²) < 4.78 is 5.49. The molecule has 1 unspecified atom stereocenters. The van der Waals surface area contributed by atoms with Gasteiger partial charge < -0.3 is 9.64 Å². The lowest BCUT2D eigenvalue weighted by Crippen LogP contribution is -2.37. The number of fused-ring (bicyclic) bond motifs is 1. The van der Waals surface area contributed by atoms with Crippen LogP contribution in [0.15, 0.2) is 30.3 Å². The average Bonchev–Trinajstić information content (AvgIpc) is 2.97. The van der Waals surface area contributed by atoms with Gasteiger partial charge in [0.15, 0.2) is 5.82 Å². The van der Waals surface area contributed by atoms with Crippen molar-refractivity contribution in [1.29, 1.82) is 0 Å². The lowest BCUT2D eigenvalue weighted by molar-refractivity contribution is 0.122. The van der Waals surface area contributed by atoms with Crippen molar-refractivity contribution >= 4 is 17.6 Å². The van der Waals surface area contributed by atoms with Gasteiger partial charge in [-0.25, -0.2) is 9.97 Å². The Labute approximate surface area is 134 Å². The number of morpholine rings is 1. The van der Waals surface area contributed by atoms with Crippen molar-refractivity contribution in [2.45, 2.75) is 17.9 Å². The van der Waals surface area contributed by atoms with Crippen molar-refractivity contribution in [1.82, 2.24) is 9.97 Å². The van der Waals surface area contributed by atoms with Crippen LogP contribution in [0.4, 0.5) is 5.82 Å². The fraction of sp³-hybridized carbons (Fsp3) is 0.412. The van der Waals surface area contributed by atoms with Crippen LogP contribution in [0.3, 0.4) is 0 Å². The molecular formula is C17H19N3OS. The van der Waals surface area contributed by atoms with Crippen LogP contribution in [0.2, 0.25) is 0 Å². The molecule has 0 aliphatic carbocycles. The summed E-state index contributed by atoms with van der Waals surface area (Å²) in [5.41, 5.74) is 3.61. The Kier molecular flexibility index (Phi) is 3.76. The molecule has 1 fully saturated rings. The van der Waals surface area contributed by atoms with Gasteiger partial charge in [-0.3, -0.25) is 0 Å². The third-order valence-corrected chi connectivity index (χ3v) is 5.40. The minimum absolute atomic E-state index is 0.470. The smallest absolute Gasteiger partial charge is 0.161 e. The minimum atomic E-state index is 0.470. The van der Waals surface area contributed by atoms with Crippen molar-refractivity contribution in [3.63, 3.8) is 0 Å². The second-order valence-corrected chi connectivity index (χ2v) is 6.98. The fourth-order valence-corrected chi connectivity index (χ4v) is 4.08. The van der Waals surface area contributed by atoms with Gasteiger partial charge in [0.25, 0.3) is 0 Å². The molecule has 1 aromatic carbocycles. The van der Waals surface area contributed by atoms with Crippen LogP contribution in [0.25, 0.3) is 11.4 Å². The zero-order valence-electron chi connectivity index (χ0n) is 12.7. The molecule has 0 bridgehead atoms. The standard InChI is InChI=1S/C17H19N3OS/c1-12-15-14(11-22-12)18-16(13-5-3-2-4-6-13)19-17(15)20-7-9-21-10-8-20/h2-6,12H,7-11H2,1H3. The first kappa shape index (κ1) is 14.0. The van der Waals surface area contributed by atoms with E-state index >= 15 is 0 Å². The van der Waals surface area contributed by atoms with E-state index in [9.17, 15) is 0 Å². The maximum Gasteiger partial charge on any atom is 0.161 e. The Balaban J connectivity index is 1.82. The van der Waals surface area contributed by atoms with Crippen molar-refractivity contribution in [3.8, 4) is 11.4 Å². The summed E-state index contributed by atoms with van der Waals surface area (Å²) in [6.07, 6.45) is 0. The summed E-state index contributed by atoms with van der Waals surface area (Å²) in [7, 11) is 0. The number of thioether (sulfide) groups is 1. The van der Waals surface area contributed by atoms with Gasteiger partial charge in [0.1, 0.15) is 5.82 Å². The highest BCUT2D eigenvalue weighted by atomic mass is 32.2. The van der Waals surface area contributed by atoms with Gasteiger partial charge in [-0.05, 0) is 6.92 Å². The Morgan fingerprint density at radius 3 is 2.68 bits per heavy atom. The molecule has 4 nitrogen and oxygen atoms in total. The Morgan fingerprint density at radius 2 is 1.91 bits per heavy atom. The molecule has 2 aliphatic rings. The molecule has 0 spiro atoms. The number of hydrogen-bond acceptors (Lipinski definition) is 5. The molecule has 4 rings (SSSR count). The van der Waals surface area contributed by atoms with E-state index in [1.807, 2.05) is 30.0 Å². The summed E-state index contributed by atoms with van der Waals surface area (Å²) in [5, 5.41) is 0.470. The van der Waals surface area contributed by atoms with Gasteiger partial charge in [0, 0.05) is 35.2 Å². The average molecular weight is 313 g/mol. The molecule has 2 aliphatic heterocycles. The molecule has 3 heterocycles. The summed E-state index contributed by atoms with van der Waals surface area (Å²) >= 11 is 1.95. The number of nitrogens with zero attached hydrogens (tertiary/aromatic N) is 3. The largest absolute Gasteiger partial charge is 0.378 e. The first-order chi connectivity index (χ1) is 10.8. The van der Waals surface area contributed by atoms with Gasteiger partial charge in [0.2, 0.25) is 0 Å². The van der Waals surface area contributed by atoms with E-state index in [0.29, 0.717) is 5.25 Å². The number of hydrogen-bond donors (Lipinski definition) is 0. The maximum absolute atomic E-state index is 5.49.